The fourth-order valence-corrected chi connectivity index (χ4v) is 1.34. The molecule has 0 spiro atoms. The normalized spacial score (nSPS) is 12.5. The molecule has 0 fully saturated rings. The Morgan fingerprint density at radius 2 is 2.00 bits per heavy atom. The van der Waals surface area contributed by atoms with Gasteiger partial charge < -0.3 is 9.47 Å². The molecule has 0 amide bonds. The van der Waals surface area contributed by atoms with Crippen molar-refractivity contribution < 1.29 is 9.47 Å². The number of methoxy groups -OCH3 is 2. The number of hydrogen-bond donors (Lipinski definition) is 0. The minimum absolute atomic E-state index is 0.158. The maximum Gasteiger partial charge on any atom is 0.157 e. The largest absolute Gasteiger partial charge is 0.356 e. The molecule has 0 aliphatic carbocycles. The number of allylic oxidation sites excluding steroid dienone is 1. The van der Waals surface area contributed by atoms with Crippen LogP contribution in [0.4, 0.5) is 0 Å². The number of rotatable bonds is 7. The lowest BCUT2D eigenvalue weighted by Gasteiger charge is -2.21. The molecule has 0 rings (SSSR count). The minimum atomic E-state index is -0.158. The second-order valence-electron chi connectivity index (χ2n) is 3.42. The molecule has 0 aliphatic rings. The molecular weight excluding hydrogens is 176 g/mol. The third-order valence-corrected chi connectivity index (χ3v) is 2.34. The Labute approximate surface area is 87.3 Å². The average molecular weight is 196 g/mol. The summed E-state index contributed by atoms with van der Waals surface area (Å²) in [5.74, 6) is 3.02. The van der Waals surface area contributed by atoms with E-state index < -0.39 is 0 Å². The van der Waals surface area contributed by atoms with E-state index in [1.54, 1.807) is 14.2 Å². The van der Waals surface area contributed by atoms with E-state index in [9.17, 15) is 0 Å². The van der Waals surface area contributed by atoms with Crippen molar-refractivity contribution >= 4 is 0 Å². The summed E-state index contributed by atoms with van der Waals surface area (Å²) in [5.41, 5.74) is 1.14. The third kappa shape index (κ3) is 5.06. The molecule has 0 heterocycles. The second kappa shape index (κ2) is 7.61. The molecule has 0 N–H and O–H groups in total. The lowest BCUT2D eigenvalue weighted by molar-refractivity contribution is -0.112. The van der Waals surface area contributed by atoms with Crippen molar-refractivity contribution in [3.63, 3.8) is 0 Å². The molecular formula is C12H20O2. The molecule has 0 saturated carbocycles. The Kier molecular flexibility index (Phi) is 7.18. The maximum atomic E-state index is 5.23. The van der Waals surface area contributed by atoms with Gasteiger partial charge in [-0.05, 0) is 19.3 Å². The lowest BCUT2D eigenvalue weighted by atomic mass is 9.93. The van der Waals surface area contributed by atoms with E-state index >= 15 is 0 Å². The Hall–Kier alpha value is -0.780. The predicted molar refractivity (Wildman–Crippen MR) is 58.8 cm³/mol. The molecule has 0 aromatic carbocycles. The molecule has 0 aromatic heterocycles. The van der Waals surface area contributed by atoms with Gasteiger partial charge >= 0.3 is 0 Å². The molecule has 0 radical (unpaired) electrons. The van der Waals surface area contributed by atoms with Crippen LogP contribution >= 0.6 is 0 Å². The highest BCUT2D eigenvalue weighted by Crippen LogP contribution is 2.22. The lowest BCUT2D eigenvalue weighted by Crippen LogP contribution is -2.18. The highest BCUT2D eigenvalue weighted by atomic mass is 16.7. The van der Waals surface area contributed by atoms with Crippen molar-refractivity contribution in [3.8, 4) is 12.3 Å². The zero-order valence-corrected chi connectivity index (χ0v) is 9.38. The number of terminal acetylenes is 1. The first-order chi connectivity index (χ1) is 6.65. The van der Waals surface area contributed by atoms with Crippen LogP contribution in [0.25, 0.3) is 0 Å². The van der Waals surface area contributed by atoms with Crippen molar-refractivity contribution in [2.45, 2.75) is 32.5 Å². The SMILES string of the molecule is C#CCC[C@@H](CC(OC)OC)C(=C)C. The zero-order valence-electron chi connectivity index (χ0n) is 9.38. The van der Waals surface area contributed by atoms with Crippen LogP contribution in [-0.2, 0) is 9.47 Å². The molecule has 2 heteroatoms. The molecule has 0 saturated heterocycles. The van der Waals surface area contributed by atoms with Gasteiger partial charge in [-0.25, -0.2) is 0 Å². The molecule has 2 nitrogen and oxygen atoms in total. The van der Waals surface area contributed by atoms with Crippen LogP contribution in [0.3, 0.4) is 0 Å². The third-order valence-electron chi connectivity index (χ3n) is 2.34. The highest BCUT2D eigenvalue weighted by molar-refractivity contribution is 4.98. The topological polar surface area (TPSA) is 18.5 Å². The molecule has 1 atom stereocenters. The van der Waals surface area contributed by atoms with Crippen molar-refractivity contribution in [3.05, 3.63) is 12.2 Å². The van der Waals surface area contributed by atoms with Crippen LogP contribution in [0.1, 0.15) is 26.2 Å². The predicted octanol–water partition coefficient (Wildman–Crippen LogP) is 2.60. The Morgan fingerprint density at radius 3 is 2.36 bits per heavy atom. The summed E-state index contributed by atoms with van der Waals surface area (Å²) >= 11 is 0. The monoisotopic (exact) mass is 196 g/mol. The van der Waals surface area contributed by atoms with Gasteiger partial charge in [-0.1, -0.05) is 12.2 Å². The van der Waals surface area contributed by atoms with Gasteiger partial charge in [0.05, 0.1) is 0 Å². The number of ether oxygens (including phenoxy) is 2. The van der Waals surface area contributed by atoms with Crippen molar-refractivity contribution in [1.82, 2.24) is 0 Å². The average Bonchev–Trinajstić information content (AvgIpc) is 2.18. The summed E-state index contributed by atoms with van der Waals surface area (Å²) in [6.45, 7) is 5.97. The van der Waals surface area contributed by atoms with E-state index in [1.165, 1.54) is 0 Å². The van der Waals surface area contributed by atoms with E-state index in [0.29, 0.717) is 5.92 Å². The minimum Gasteiger partial charge on any atom is -0.356 e. The Bertz CT molecular complexity index is 199. The fourth-order valence-electron chi connectivity index (χ4n) is 1.34. The summed E-state index contributed by atoms with van der Waals surface area (Å²) in [5, 5.41) is 0. The van der Waals surface area contributed by atoms with Gasteiger partial charge in [-0.3, -0.25) is 0 Å². The maximum absolute atomic E-state index is 5.23. The molecule has 14 heavy (non-hydrogen) atoms. The van der Waals surface area contributed by atoms with Gasteiger partial charge in [-0.2, -0.15) is 0 Å². The number of hydrogen-bond acceptors (Lipinski definition) is 2. The Morgan fingerprint density at radius 1 is 1.43 bits per heavy atom. The molecule has 80 valence electrons. The molecule has 0 unspecified atom stereocenters. The van der Waals surface area contributed by atoms with Crippen LogP contribution in [0, 0.1) is 18.3 Å². The summed E-state index contributed by atoms with van der Waals surface area (Å²) in [6.07, 6.45) is 7.63. The van der Waals surface area contributed by atoms with Gasteiger partial charge in [0.2, 0.25) is 0 Å². The van der Waals surface area contributed by atoms with Crippen LogP contribution in [-0.4, -0.2) is 20.5 Å². The van der Waals surface area contributed by atoms with Gasteiger partial charge in [0.25, 0.3) is 0 Å². The fraction of sp³-hybridized carbons (Fsp3) is 0.667. The van der Waals surface area contributed by atoms with E-state index in [2.05, 4.69) is 12.5 Å². The van der Waals surface area contributed by atoms with E-state index in [4.69, 9.17) is 15.9 Å². The van der Waals surface area contributed by atoms with Crippen LogP contribution in [0.15, 0.2) is 12.2 Å². The first-order valence-corrected chi connectivity index (χ1v) is 4.80. The second-order valence-corrected chi connectivity index (χ2v) is 3.42. The van der Waals surface area contributed by atoms with Crippen LogP contribution in [0.5, 0.6) is 0 Å². The van der Waals surface area contributed by atoms with E-state index in [1.807, 2.05) is 6.92 Å². The summed E-state index contributed by atoms with van der Waals surface area (Å²) in [7, 11) is 3.29. The zero-order chi connectivity index (χ0) is 11.0. The first kappa shape index (κ1) is 13.2. The summed E-state index contributed by atoms with van der Waals surface area (Å²) < 4.78 is 10.3. The van der Waals surface area contributed by atoms with E-state index in [-0.39, 0.29) is 6.29 Å². The van der Waals surface area contributed by atoms with Crippen molar-refractivity contribution in [1.29, 1.82) is 0 Å². The summed E-state index contributed by atoms with van der Waals surface area (Å²) in [4.78, 5) is 0. The quantitative estimate of drug-likeness (QED) is 0.354. The van der Waals surface area contributed by atoms with Crippen LogP contribution < -0.4 is 0 Å². The molecule has 0 aromatic rings. The highest BCUT2D eigenvalue weighted by Gasteiger charge is 2.15. The van der Waals surface area contributed by atoms with Gasteiger partial charge in [-0.15, -0.1) is 12.3 Å². The first-order valence-electron chi connectivity index (χ1n) is 4.80. The van der Waals surface area contributed by atoms with Crippen molar-refractivity contribution in [2.24, 2.45) is 5.92 Å². The van der Waals surface area contributed by atoms with Gasteiger partial charge in [0.15, 0.2) is 6.29 Å². The van der Waals surface area contributed by atoms with Gasteiger partial charge in [0, 0.05) is 27.1 Å². The van der Waals surface area contributed by atoms with Gasteiger partial charge in [0.1, 0.15) is 0 Å². The smallest absolute Gasteiger partial charge is 0.157 e. The Balaban J connectivity index is 4.08. The molecule has 0 aliphatic heterocycles. The summed E-state index contributed by atoms with van der Waals surface area (Å²) in [6, 6.07) is 0. The van der Waals surface area contributed by atoms with Crippen LogP contribution in [0.2, 0.25) is 0 Å². The van der Waals surface area contributed by atoms with Crippen molar-refractivity contribution in [2.75, 3.05) is 14.2 Å². The standard InChI is InChI=1S/C12H20O2/c1-6-7-8-11(10(2)3)9-12(13-4)14-5/h1,11-12H,2,7-9H2,3-5H3/t11-/m0/s1. The van der Waals surface area contributed by atoms with E-state index in [0.717, 1.165) is 24.8 Å². The molecule has 0 bridgehead atoms.